The highest BCUT2D eigenvalue weighted by Crippen LogP contribution is 2.21. The van der Waals surface area contributed by atoms with Gasteiger partial charge in [-0.25, -0.2) is 0 Å². The number of rotatable bonds is 7. The van der Waals surface area contributed by atoms with Crippen molar-refractivity contribution in [3.05, 3.63) is 0 Å². The smallest absolute Gasteiger partial charge is 0.223 e. The number of ether oxygens (including phenoxy) is 1. The number of amides is 1. The summed E-state index contributed by atoms with van der Waals surface area (Å²) in [5.41, 5.74) is 0. The summed E-state index contributed by atoms with van der Waals surface area (Å²) in [6, 6.07) is 0. The molecule has 4 nitrogen and oxygen atoms in total. The molecule has 1 amide bonds. The largest absolute Gasteiger partial charge is 0.396 e. The minimum atomic E-state index is 0.117. The van der Waals surface area contributed by atoms with Crippen molar-refractivity contribution in [2.45, 2.75) is 19.8 Å². The number of hydrogen-bond acceptors (Lipinski definition) is 4. The van der Waals surface area contributed by atoms with Gasteiger partial charge >= 0.3 is 0 Å². The third-order valence-electron chi connectivity index (χ3n) is 2.97. The number of thioether (sulfide) groups is 1. The van der Waals surface area contributed by atoms with E-state index in [1.54, 1.807) is 11.8 Å². The topological polar surface area (TPSA) is 58.6 Å². The van der Waals surface area contributed by atoms with Gasteiger partial charge in [0.1, 0.15) is 0 Å². The van der Waals surface area contributed by atoms with Crippen LogP contribution in [0.4, 0.5) is 0 Å². The summed E-state index contributed by atoms with van der Waals surface area (Å²) in [5.74, 6) is 2.49. The molecule has 0 spiro atoms. The maximum atomic E-state index is 11.9. The molecule has 5 heteroatoms. The summed E-state index contributed by atoms with van der Waals surface area (Å²) in [6.45, 7) is 4.44. The van der Waals surface area contributed by atoms with Crippen LogP contribution in [0.2, 0.25) is 0 Å². The Morgan fingerprint density at radius 1 is 1.53 bits per heavy atom. The summed E-state index contributed by atoms with van der Waals surface area (Å²) < 4.78 is 5.32. The Kier molecular flexibility index (Phi) is 7.64. The molecule has 2 atom stereocenters. The predicted octanol–water partition coefficient (Wildman–Crippen LogP) is 0.891. The van der Waals surface area contributed by atoms with E-state index in [2.05, 4.69) is 12.2 Å². The summed E-state index contributed by atoms with van der Waals surface area (Å²) in [7, 11) is 0. The number of aliphatic hydroxyl groups excluding tert-OH is 1. The molecular weight excluding hydrogens is 238 g/mol. The Balaban J connectivity index is 2.07. The van der Waals surface area contributed by atoms with Gasteiger partial charge in [-0.1, -0.05) is 6.92 Å². The molecule has 1 heterocycles. The van der Waals surface area contributed by atoms with Gasteiger partial charge in [-0.15, -0.1) is 0 Å². The average molecular weight is 261 g/mol. The first kappa shape index (κ1) is 14.8. The lowest BCUT2D eigenvalue weighted by molar-refractivity contribution is -0.130. The van der Waals surface area contributed by atoms with Gasteiger partial charge in [-0.05, 0) is 24.5 Å². The van der Waals surface area contributed by atoms with E-state index < -0.39 is 0 Å². The molecule has 2 unspecified atom stereocenters. The molecule has 0 aromatic carbocycles. The SMILES string of the molecule is CC1COCCC1C(=O)NCCSCCCO. The van der Waals surface area contributed by atoms with Crippen LogP contribution in [0.5, 0.6) is 0 Å². The van der Waals surface area contributed by atoms with Gasteiger partial charge in [-0.2, -0.15) is 11.8 Å². The van der Waals surface area contributed by atoms with Crippen LogP contribution >= 0.6 is 11.8 Å². The second-order valence-electron chi connectivity index (χ2n) is 4.43. The lowest BCUT2D eigenvalue weighted by atomic mass is 9.89. The maximum Gasteiger partial charge on any atom is 0.223 e. The van der Waals surface area contributed by atoms with Crippen molar-refractivity contribution in [1.29, 1.82) is 0 Å². The lowest BCUT2D eigenvalue weighted by Crippen LogP contribution is -2.39. The number of hydrogen-bond donors (Lipinski definition) is 2. The molecule has 0 aromatic heterocycles. The Labute approximate surface area is 107 Å². The van der Waals surface area contributed by atoms with E-state index in [9.17, 15) is 4.79 Å². The van der Waals surface area contributed by atoms with Gasteiger partial charge in [0.05, 0.1) is 0 Å². The monoisotopic (exact) mass is 261 g/mol. The molecule has 2 N–H and O–H groups in total. The minimum absolute atomic E-state index is 0.117. The van der Waals surface area contributed by atoms with Crippen LogP contribution in [0.1, 0.15) is 19.8 Å². The quantitative estimate of drug-likeness (QED) is 0.668. The van der Waals surface area contributed by atoms with Crippen molar-refractivity contribution >= 4 is 17.7 Å². The molecule has 0 aromatic rings. The van der Waals surface area contributed by atoms with Gasteiger partial charge in [0.15, 0.2) is 0 Å². The summed E-state index contributed by atoms with van der Waals surface area (Å²) in [6.07, 6.45) is 1.67. The van der Waals surface area contributed by atoms with Crippen LogP contribution < -0.4 is 5.32 Å². The first-order valence-corrected chi connectivity index (χ1v) is 7.45. The highest BCUT2D eigenvalue weighted by atomic mass is 32.2. The molecule has 0 bridgehead atoms. The molecule has 17 heavy (non-hydrogen) atoms. The molecule has 0 radical (unpaired) electrons. The van der Waals surface area contributed by atoms with E-state index >= 15 is 0 Å². The van der Waals surface area contributed by atoms with E-state index in [4.69, 9.17) is 9.84 Å². The molecule has 1 fully saturated rings. The predicted molar refractivity (Wildman–Crippen MR) is 70.1 cm³/mol. The zero-order valence-corrected chi connectivity index (χ0v) is 11.3. The fraction of sp³-hybridized carbons (Fsp3) is 0.917. The van der Waals surface area contributed by atoms with Crippen LogP contribution in [-0.4, -0.2) is 48.9 Å². The lowest BCUT2D eigenvalue weighted by Gasteiger charge is -2.27. The van der Waals surface area contributed by atoms with Crippen LogP contribution in [-0.2, 0) is 9.53 Å². The van der Waals surface area contributed by atoms with Crippen LogP contribution in [0.25, 0.3) is 0 Å². The van der Waals surface area contributed by atoms with Crippen molar-refractivity contribution in [2.24, 2.45) is 11.8 Å². The summed E-state index contributed by atoms with van der Waals surface area (Å²) in [5, 5.41) is 11.6. The molecular formula is C12H23NO3S. The molecule has 1 saturated heterocycles. The summed E-state index contributed by atoms with van der Waals surface area (Å²) >= 11 is 1.77. The molecule has 0 saturated carbocycles. The Bertz CT molecular complexity index is 226. The Morgan fingerprint density at radius 3 is 3.06 bits per heavy atom. The second kappa shape index (κ2) is 8.78. The number of nitrogens with one attached hydrogen (secondary N) is 1. The molecule has 0 aliphatic carbocycles. The van der Waals surface area contributed by atoms with Gasteiger partial charge < -0.3 is 15.2 Å². The number of aliphatic hydroxyl groups is 1. The van der Waals surface area contributed by atoms with Crippen molar-refractivity contribution in [1.82, 2.24) is 5.32 Å². The van der Waals surface area contributed by atoms with Crippen LogP contribution in [0, 0.1) is 11.8 Å². The van der Waals surface area contributed by atoms with Gasteiger partial charge in [0.25, 0.3) is 0 Å². The zero-order valence-electron chi connectivity index (χ0n) is 10.5. The van der Waals surface area contributed by atoms with Crippen molar-refractivity contribution in [2.75, 3.05) is 37.9 Å². The van der Waals surface area contributed by atoms with E-state index in [1.165, 1.54) is 0 Å². The Morgan fingerprint density at radius 2 is 2.35 bits per heavy atom. The first-order chi connectivity index (χ1) is 8.25. The van der Waals surface area contributed by atoms with E-state index in [0.717, 1.165) is 30.9 Å². The fourth-order valence-electron chi connectivity index (χ4n) is 1.92. The fourth-order valence-corrected chi connectivity index (χ4v) is 2.70. The molecule has 1 aliphatic heterocycles. The second-order valence-corrected chi connectivity index (χ2v) is 5.65. The van der Waals surface area contributed by atoms with Crippen LogP contribution in [0.3, 0.4) is 0 Å². The van der Waals surface area contributed by atoms with Crippen molar-refractivity contribution in [3.63, 3.8) is 0 Å². The molecule has 1 rings (SSSR count). The highest BCUT2D eigenvalue weighted by molar-refractivity contribution is 7.99. The average Bonchev–Trinajstić information content (AvgIpc) is 2.34. The molecule has 1 aliphatic rings. The normalized spacial score (nSPS) is 24.6. The Hall–Kier alpha value is -0.260. The zero-order chi connectivity index (χ0) is 12.5. The van der Waals surface area contributed by atoms with Gasteiger partial charge in [0.2, 0.25) is 5.91 Å². The number of carbonyl (C=O) groups excluding carboxylic acids is 1. The van der Waals surface area contributed by atoms with Gasteiger partial charge in [-0.3, -0.25) is 4.79 Å². The van der Waals surface area contributed by atoms with Gasteiger partial charge in [0, 0.05) is 38.0 Å². The standard InChI is InChI=1S/C12H23NO3S/c1-10-9-16-6-3-11(10)12(15)13-4-8-17-7-2-5-14/h10-11,14H,2-9H2,1H3,(H,13,15). The number of carbonyl (C=O) groups is 1. The first-order valence-electron chi connectivity index (χ1n) is 6.29. The third kappa shape index (κ3) is 5.75. The third-order valence-corrected chi connectivity index (χ3v) is 4.04. The van der Waals surface area contributed by atoms with Crippen LogP contribution in [0.15, 0.2) is 0 Å². The maximum absolute atomic E-state index is 11.9. The van der Waals surface area contributed by atoms with Crippen molar-refractivity contribution in [3.8, 4) is 0 Å². The van der Waals surface area contributed by atoms with E-state index in [0.29, 0.717) is 19.1 Å². The summed E-state index contributed by atoms with van der Waals surface area (Å²) in [4.78, 5) is 11.9. The highest BCUT2D eigenvalue weighted by Gasteiger charge is 2.27. The minimum Gasteiger partial charge on any atom is -0.396 e. The van der Waals surface area contributed by atoms with E-state index in [-0.39, 0.29) is 18.4 Å². The molecule has 100 valence electrons. The van der Waals surface area contributed by atoms with E-state index in [1.807, 2.05) is 0 Å². The van der Waals surface area contributed by atoms with Crippen molar-refractivity contribution < 1.29 is 14.6 Å².